The van der Waals surface area contributed by atoms with Crippen LogP contribution in [-0.4, -0.2) is 27.1 Å². The van der Waals surface area contributed by atoms with Gasteiger partial charge in [-0.05, 0) is 17.6 Å². The average Bonchev–Trinajstić information content (AvgIpc) is 2.37. The maximum atomic E-state index is 9.30. The summed E-state index contributed by atoms with van der Waals surface area (Å²) in [5.41, 5.74) is 1.91. The third kappa shape index (κ3) is 1.56. The Balaban J connectivity index is 2.48. The topological polar surface area (TPSA) is 66.2 Å². The monoisotopic (exact) mass is 224 g/mol. The highest BCUT2D eigenvalue weighted by Gasteiger charge is 2.15. The van der Waals surface area contributed by atoms with Crippen molar-refractivity contribution in [1.29, 1.82) is 0 Å². The molecule has 17 heavy (non-hydrogen) atoms. The Hall–Kier alpha value is -1.98. The van der Waals surface area contributed by atoms with Crippen molar-refractivity contribution in [2.75, 3.05) is 0 Å². The van der Waals surface area contributed by atoms with E-state index in [4.69, 9.17) is 0 Å². The summed E-state index contributed by atoms with van der Waals surface area (Å²) >= 11 is 0. The molecule has 0 atom stereocenters. The van der Waals surface area contributed by atoms with Crippen LogP contribution in [0.3, 0.4) is 0 Å². The third-order valence-electron chi connectivity index (χ3n) is 2.79. The van der Waals surface area contributed by atoms with Crippen LogP contribution in [-0.2, 0) is 0 Å². The van der Waals surface area contributed by atoms with E-state index in [1.807, 2.05) is 24.3 Å². The molecular formula is C12H9BN2O2. The number of benzene rings is 1. The molecule has 5 heteroatoms. The molecule has 82 valence electrons. The van der Waals surface area contributed by atoms with Crippen molar-refractivity contribution >= 4 is 34.4 Å². The maximum Gasteiger partial charge on any atom is 0.489 e. The molecule has 0 saturated heterocycles. The number of rotatable bonds is 1. The van der Waals surface area contributed by atoms with Gasteiger partial charge in [0.25, 0.3) is 0 Å². The van der Waals surface area contributed by atoms with E-state index in [1.165, 1.54) is 0 Å². The SMILES string of the molecule is OB(O)c1ccnc2c1ccc1cccnc12. The minimum Gasteiger partial charge on any atom is -0.423 e. The summed E-state index contributed by atoms with van der Waals surface area (Å²) in [6.07, 6.45) is 3.26. The van der Waals surface area contributed by atoms with Crippen molar-refractivity contribution < 1.29 is 10.0 Å². The molecule has 2 aromatic heterocycles. The van der Waals surface area contributed by atoms with E-state index < -0.39 is 7.12 Å². The molecule has 3 aromatic rings. The van der Waals surface area contributed by atoms with Crippen LogP contribution in [0.2, 0.25) is 0 Å². The van der Waals surface area contributed by atoms with Gasteiger partial charge in [-0.1, -0.05) is 18.2 Å². The quantitative estimate of drug-likeness (QED) is 0.465. The van der Waals surface area contributed by atoms with Crippen LogP contribution >= 0.6 is 0 Å². The fraction of sp³-hybridized carbons (Fsp3) is 0. The minimum absolute atomic E-state index is 0.447. The van der Waals surface area contributed by atoms with E-state index in [-0.39, 0.29) is 0 Å². The van der Waals surface area contributed by atoms with Gasteiger partial charge in [0.2, 0.25) is 0 Å². The lowest BCUT2D eigenvalue weighted by molar-refractivity contribution is 0.426. The molecule has 0 unspecified atom stereocenters. The zero-order chi connectivity index (χ0) is 11.8. The molecule has 2 N–H and O–H groups in total. The zero-order valence-corrected chi connectivity index (χ0v) is 8.91. The number of hydrogen-bond donors (Lipinski definition) is 2. The number of aromatic nitrogens is 2. The van der Waals surface area contributed by atoms with Crippen LogP contribution in [0.4, 0.5) is 0 Å². The molecule has 0 saturated carbocycles. The van der Waals surface area contributed by atoms with E-state index >= 15 is 0 Å². The molecular weight excluding hydrogens is 215 g/mol. The summed E-state index contributed by atoms with van der Waals surface area (Å²) in [5, 5.41) is 20.3. The molecule has 0 aliphatic rings. The van der Waals surface area contributed by atoms with Gasteiger partial charge < -0.3 is 10.0 Å². The molecule has 0 spiro atoms. The smallest absolute Gasteiger partial charge is 0.423 e. The highest BCUT2D eigenvalue weighted by Crippen LogP contribution is 2.20. The van der Waals surface area contributed by atoms with Gasteiger partial charge in [-0.15, -0.1) is 0 Å². The number of hydrogen-bond acceptors (Lipinski definition) is 4. The van der Waals surface area contributed by atoms with E-state index in [0.29, 0.717) is 16.4 Å². The predicted molar refractivity (Wildman–Crippen MR) is 66.9 cm³/mol. The molecule has 0 amide bonds. The summed E-state index contributed by atoms with van der Waals surface area (Å²) < 4.78 is 0. The van der Waals surface area contributed by atoms with Gasteiger partial charge in [-0.3, -0.25) is 9.97 Å². The molecule has 0 fully saturated rings. The number of fused-ring (bicyclic) bond motifs is 3. The highest BCUT2D eigenvalue weighted by molar-refractivity contribution is 6.62. The largest absolute Gasteiger partial charge is 0.489 e. The lowest BCUT2D eigenvalue weighted by Crippen LogP contribution is -2.30. The van der Waals surface area contributed by atoms with Crippen molar-refractivity contribution in [2.45, 2.75) is 0 Å². The normalized spacial score (nSPS) is 10.9. The summed E-state index contributed by atoms with van der Waals surface area (Å²) in [4.78, 5) is 8.55. The second kappa shape index (κ2) is 3.80. The fourth-order valence-corrected chi connectivity index (χ4v) is 2.00. The molecule has 0 aliphatic carbocycles. The fourth-order valence-electron chi connectivity index (χ4n) is 2.00. The van der Waals surface area contributed by atoms with Crippen LogP contribution in [0.25, 0.3) is 21.8 Å². The third-order valence-corrected chi connectivity index (χ3v) is 2.79. The zero-order valence-electron chi connectivity index (χ0n) is 8.91. The predicted octanol–water partition coefficient (Wildman–Crippen LogP) is 0.463. The van der Waals surface area contributed by atoms with Crippen LogP contribution in [0.5, 0.6) is 0 Å². The van der Waals surface area contributed by atoms with Crippen molar-refractivity contribution in [3.63, 3.8) is 0 Å². The maximum absolute atomic E-state index is 9.30. The standard InChI is InChI=1S/C12H9BN2O2/c16-13(17)10-5-7-15-12-9(10)4-3-8-2-1-6-14-11(8)12/h1-7,16-17H. The summed E-state index contributed by atoms with van der Waals surface area (Å²) in [6.45, 7) is 0. The van der Waals surface area contributed by atoms with Gasteiger partial charge in [0, 0.05) is 23.2 Å². The van der Waals surface area contributed by atoms with Gasteiger partial charge in [0.15, 0.2) is 0 Å². The Morgan fingerprint density at radius 1 is 0.882 bits per heavy atom. The molecule has 0 bridgehead atoms. The van der Waals surface area contributed by atoms with Gasteiger partial charge in [-0.25, -0.2) is 0 Å². The van der Waals surface area contributed by atoms with Gasteiger partial charge in [0.05, 0.1) is 11.0 Å². The van der Waals surface area contributed by atoms with Crippen molar-refractivity contribution in [3.8, 4) is 0 Å². The van der Waals surface area contributed by atoms with Gasteiger partial charge >= 0.3 is 7.12 Å². The van der Waals surface area contributed by atoms with Crippen molar-refractivity contribution in [3.05, 3.63) is 42.7 Å². The average molecular weight is 224 g/mol. The molecule has 0 aliphatic heterocycles. The van der Waals surface area contributed by atoms with Gasteiger partial charge in [0.1, 0.15) is 0 Å². The van der Waals surface area contributed by atoms with E-state index in [0.717, 1.165) is 10.9 Å². The molecule has 2 heterocycles. The Labute approximate surface area is 97.7 Å². The second-order valence-corrected chi connectivity index (χ2v) is 3.81. The van der Waals surface area contributed by atoms with Gasteiger partial charge in [-0.2, -0.15) is 0 Å². The lowest BCUT2D eigenvalue weighted by atomic mass is 9.78. The minimum atomic E-state index is -1.50. The first-order chi connectivity index (χ1) is 8.27. The van der Waals surface area contributed by atoms with Crippen LogP contribution in [0.15, 0.2) is 42.7 Å². The lowest BCUT2D eigenvalue weighted by Gasteiger charge is -2.06. The second-order valence-electron chi connectivity index (χ2n) is 3.81. The van der Waals surface area contributed by atoms with Crippen LogP contribution < -0.4 is 5.46 Å². The first-order valence-corrected chi connectivity index (χ1v) is 5.26. The number of pyridine rings is 2. The van der Waals surface area contributed by atoms with E-state index in [1.54, 1.807) is 18.5 Å². The Bertz CT molecular complexity index is 700. The Morgan fingerprint density at radius 3 is 2.53 bits per heavy atom. The molecule has 4 nitrogen and oxygen atoms in total. The summed E-state index contributed by atoms with van der Waals surface area (Å²) in [6, 6.07) is 9.14. The summed E-state index contributed by atoms with van der Waals surface area (Å²) in [7, 11) is -1.50. The van der Waals surface area contributed by atoms with Crippen molar-refractivity contribution in [2.24, 2.45) is 0 Å². The molecule has 1 aromatic carbocycles. The number of nitrogens with zero attached hydrogens (tertiary/aromatic N) is 2. The molecule has 3 rings (SSSR count). The first kappa shape index (κ1) is 10.2. The highest BCUT2D eigenvalue weighted by atomic mass is 16.4. The molecule has 0 radical (unpaired) electrons. The van der Waals surface area contributed by atoms with Crippen LogP contribution in [0.1, 0.15) is 0 Å². The van der Waals surface area contributed by atoms with E-state index in [9.17, 15) is 10.0 Å². The Morgan fingerprint density at radius 2 is 1.71 bits per heavy atom. The Kier molecular flexibility index (Phi) is 2.28. The first-order valence-electron chi connectivity index (χ1n) is 5.26. The summed E-state index contributed by atoms with van der Waals surface area (Å²) in [5.74, 6) is 0. The van der Waals surface area contributed by atoms with Crippen molar-refractivity contribution in [1.82, 2.24) is 9.97 Å². The van der Waals surface area contributed by atoms with E-state index in [2.05, 4.69) is 9.97 Å². The van der Waals surface area contributed by atoms with Crippen LogP contribution in [0, 0.1) is 0 Å².